The molecule has 0 amide bonds. The minimum Gasteiger partial charge on any atom is -0.368 e. The van der Waals surface area contributed by atoms with Crippen molar-refractivity contribution >= 4 is 11.2 Å². The van der Waals surface area contributed by atoms with E-state index in [9.17, 15) is 0 Å². The van der Waals surface area contributed by atoms with Crippen molar-refractivity contribution < 1.29 is 0 Å². The number of pyridine rings is 1. The normalized spacial score (nSPS) is 20.7. The first-order chi connectivity index (χ1) is 9.42. The molecule has 0 radical (unpaired) electrons. The van der Waals surface area contributed by atoms with Crippen molar-refractivity contribution in [2.45, 2.75) is 25.2 Å². The molecule has 1 N–H and O–H groups in total. The fourth-order valence-corrected chi connectivity index (χ4v) is 3.08. The number of rotatable bonds is 2. The Hall–Kier alpha value is -1.55. The van der Waals surface area contributed by atoms with E-state index in [2.05, 4.69) is 37.9 Å². The molecule has 1 saturated carbocycles. The summed E-state index contributed by atoms with van der Waals surface area (Å²) in [5, 5.41) is 3.40. The molecular weight excluding hydrogens is 236 g/mol. The van der Waals surface area contributed by atoms with E-state index in [1.54, 1.807) is 0 Å². The predicted octanol–water partition coefficient (Wildman–Crippen LogP) is 2.01. The number of nitrogens with zero attached hydrogens (tertiary/aromatic N) is 3. The predicted molar refractivity (Wildman–Crippen MR) is 76.9 cm³/mol. The zero-order chi connectivity index (χ0) is 12.7. The summed E-state index contributed by atoms with van der Waals surface area (Å²) in [4.78, 5) is 7.09. The van der Waals surface area contributed by atoms with Gasteiger partial charge < -0.3 is 14.6 Å². The lowest BCUT2D eigenvalue weighted by Gasteiger charge is -2.30. The highest BCUT2D eigenvalue weighted by Gasteiger charge is 2.24. The number of imidazole rings is 1. The molecule has 19 heavy (non-hydrogen) atoms. The zero-order valence-corrected chi connectivity index (χ0v) is 11.2. The van der Waals surface area contributed by atoms with Gasteiger partial charge in [0, 0.05) is 38.3 Å². The summed E-state index contributed by atoms with van der Waals surface area (Å²) in [5.41, 5.74) is 2.55. The molecule has 1 aliphatic heterocycles. The largest absolute Gasteiger partial charge is 0.368 e. The summed E-state index contributed by atoms with van der Waals surface area (Å²) in [6, 6.07) is 4.43. The van der Waals surface area contributed by atoms with Gasteiger partial charge in [0.05, 0.1) is 17.4 Å². The Morgan fingerprint density at radius 3 is 2.74 bits per heavy atom. The number of fused-ring (bicyclic) bond motifs is 1. The van der Waals surface area contributed by atoms with E-state index in [4.69, 9.17) is 0 Å². The van der Waals surface area contributed by atoms with Gasteiger partial charge in [0.25, 0.3) is 0 Å². The van der Waals surface area contributed by atoms with E-state index in [0.29, 0.717) is 5.92 Å². The number of anilines is 1. The Labute approximate surface area is 113 Å². The number of hydrogen-bond donors (Lipinski definition) is 1. The van der Waals surface area contributed by atoms with Gasteiger partial charge in [0.1, 0.15) is 5.82 Å². The maximum Gasteiger partial charge on any atom is 0.116 e. The van der Waals surface area contributed by atoms with Crippen LogP contribution in [0.25, 0.3) is 5.52 Å². The Bertz CT molecular complexity index is 579. The lowest BCUT2D eigenvalue weighted by Crippen LogP contribution is -2.43. The summed E-state index contributed by atoms with van der Waals surface area (Å²) < 4.78 is 2.31. The fourth-order valence-electron chi connectivity index (χ4n) is 3.08. The van der Waals surface area contributed by atoms with Gasteiger partial charge in [-0.3, -0.25) is 0 Å². The summed E-state index contributed by atoms with van der Waals surface area (Å²) in [7, 11) is 0. The van der Waals surface area contributed by atoms with Crippen molar-refractivity contribution in [1.82, 2.24) is 14.7 Å². The van der Waals surface area contributed by atoms with Crippen LogP contribution in [0.2, 0.25) is 0 Å². The molecule has 4 rings (SSSR count). The lowest BCUT2D eigenvalue weighted by atomic mass is 9.85. The van der Waals surface area contributed by atoms with Gasteiger partial charge in [-0.15, -0.1) is 0 Å². The summed E-state index contributed by atoms with van der Waals surface area (Å²) in [5.74, 6) is 1.94. The van der Waals surface area contributed by atoms with E-state index < -0.39 is 0 Å². The van der Waals surface area contributed by atoms with Crippen molar-refractivity contribution in [2.24, 2.45) is 0 Å². The zero-order valence-electron chi connectivity index (χ0n) is 11.2. The smallest absolute Gasteiger partial charge is 0.116 e. The van der Waals surface area contributed by atoms with Crippen LogP contribution >= 0.6 is 0 Å². The molecule has 1 aliphatic carbocycles. The van der Waals surface area contributed by atoms with Crippen LogP contribution in [0.15, 0.2) is 24.5 Å². The number of hydrogen-bond acceptors (Lipinski definition) is 3. The first kappa shape index (κ1) is 11.3. The molecule has 0 spiro atoms. The van der Waals surface area contributed by atoms with E-state index in [0.717, 1.165) is 26.2 Å². The molecule has 4 nitrogen and oxygen atoms in total. The van der Waals surface area contributed by atoms with E-state index in [-0.39, 0.29) is 0 Å². The molecule has 0 unspecified atom stereocenters. The van der Waals surface area contributed by atoms with Crippen LogP contribution in [-0.2, 0) is 0 Å². The molecule has 0 bridgehead atoms. The molecule has 2 fully saturated rings. The minimum absolute atomic E-state index is 0.681. The van der Waals surface area contributed by atoms with Gasteiger partial charge in [-0.2, -0.15) is 0 Å². The van der Waals surface area contributed by atoms with Crippen molar-refractivity contribution in [3.63, 3.8) is 0 Å². The second-order valence-electron chi connectivity index (χ2n) is 5.66. The third-order valence-corrected chi connectivity index (χ3v) is 4.49. The first-order valence-corrected chi connectivity index (χ1v) is 7.34. The fraction of sp³-hybridized carbons (Fsp3) is 0.533. The molecule has 0 aromatic carbocycles. The van der Waals surface area contributed by atoms with Crippen LogP contribution in [0, 0.1) is 0 Å². The monoisotopic (exact) mass is 256 g/mol. The average molecular weight is 256 g/mol. The highest BCUT2D eigenvalue weighted by atomic mass is 15.2. The molecular formula is C15H20N4. The average Bonchev–Trinajstić information content (AvgIpc) is 2.81. The first-order valence-electron chi connectivity index (χ1n) is 7.34. The SMILES string of the molecule is c1cc2cnc(C3CCC3)n2cc1N1CCNCC1. The van der Waals surface area contributed by atoms with Crippen LogP contribution in [-0.4, -0.2) is 35.6 Å². The number of aromatic nitrogens is 2. The minimum atomic E-state index is 0.681. The summed E-state index contributed by atoms with van der Waals surface area (Å²) in [6.45, 7) is 4.35. The van der Waals surface area contributed by atoms with Crippen LogP contribution in [0.3, 0.4) is 0 Å². The molecule has 2 aromatic heterocycles. The van der Waals surface area contributed by atoms with Crippen molar-refractivity contribution in [1.29, 1.82) is 0 Å². The van der Waals surface area contributed by atoms with Gasteiger partial charge in [0.2, 0.25) is 0 Å². The Balaban J connectivity index is 1.72. The van der Waals surface area contributed by atoms with Gasteiger partial charge in [-0.25, -0.2) is 4.98 Å². The molecule has 1 saturated heterocycles. The third kappa shape index (κ3) is 1.91. The third-order valence-electron chi connectivity index (χ3n) is 4.49. The number of piperazine rings is 1. The maximum atomic E-state index is 4.64. The molecule has 2 aromatic rings. The number of nitrogens with one attached hydrogen (secondary N) is 1. The topological polar surface area (TPSA) is 32.6 Å². The molecule has 2 aliphatic rings. The van der Waals surface area contributed by atoms with Gasteiger partial charge in [-0.05, 0) is 25.0 Å². The Morgan fingerprint density at radius 1 is 1.16 bits per heavy atom. The van der Waals surface area contributed by atoms with E-state index in [1.165, 1.54) is 36.3 Å². The van der Waals surface area contributed by atoms with Crippen molar-refractivity contribution in [3.8, 4) is 0 Å². The maximum absolute atomic E-state index is 4.64. The molecule has 0 atom stereocenters. The highest BCUT2D eigenvalue weighted by Crippen LogP contribution is 2.36. The highest BCUT2D eigenvalue weighted by molar-refractivity contribution is 5.55. The van der Waals surface area contributed by atoms with Gasteiger partial charge >= 0.3 is 0 Å². The van der Waals surface area contributed by atoms with Crippen LogP contribution < -0.4 is 10.2 Å². The molecule has 100 valence electrons. The quantitative estimate of drug-likeness (QED) is 0.892. The van der Waals surface area contributed by atoms with E-state index >= 15 is 0 Å². The van der Waals surface area contributed by atoms with Crippen LogP contribution in [0.5, 0.6) is 0 Å². The van der Waals surface area contributed by atoms with Crippen molar-refractivity contribution in [3.05, 3.63) is 30.4 Å². The lowest BCUT2D eigenvalue weighted by molar-refractivity contribution is 0.400. The standard InChI is InChI=1S/C15H20N4/c1-2-12(3-1)15-17-10-13-4-5-14(11-19(13)15)18-8-6-16-7-9-18/h4-5,10-12,16H,1-3,6-9H2. The van der Waals surface area contributed by atoms with Gasteiger partial charge in [0.15, 0.2) is 0 Å². The summed E-state index contributed by atoms with van der Waals surface area (Å²) >= 11 is 0. The summed E-state index contributed by atoms with van der Waals surface area (Å²) in [6.07, 6.45) is 8.25. The molecule has 3 heterocycles. The second kappa shape index (κ2) is 4.53. The van der Waals surface area contributed by atoms with Gasteiger partial charge in [-0.1, -0.05) is 6.42 Å². The van der Waals surface area contributed by atoms with Crippen molar-refractivity contribution in [2.75, 3.05) is 31.1 Å². The Kier molecular flexibility index (Phi) is 2.69. The van der Waals surface area contributed by atoms with E-state index in [1.807, 2.05) is 6.20 Å². The molecule has 4 heteroatoms. The Morgan fingerprint density at radius 2 is 2.00 bits per heavy atom. The van der Waals surface area contributed by atoms with Crippen LogP contribution in [0.1, 0.15) is 31.0 Å². The van der Waals surface area contributed by atoms with Crippen LogP contribution in [0.4, 0.5) is 5.69 Å². The second-order valence-corrected chi connectivity index (χ2v) is 5.66.